The molecule has 2 aromatic heterocycles. The van der Waals surface area contributed by atoms with Crippen molar-refractivity contribution < 1.29 is 17.9 Å². The van der Waals surface area contributed by atoms with Gasteiger partial charge in [0.1, 0.15) is 0 Å². The smallest absolute Gasteiger partial charge is 0.453 e. The van der Waals surface area contributed by atoms with Crippen molar-refractivity contribution >= 4 is 21.6 Å². The van der Waals surface area contributed by atoms with Crippen LogP contribution in [0.25, 0.3) is 5.65 Å². The second-order valence-electron chi connectivity index (χ2n) is 2.93. The van der Waals surface area contributed by atoms with Gasteiger partial charge in [-0.2, -0.15) is 18.2 Å². The van der Waals surface area contributed by atoms with E-state index in [0.29, 0.717) is 4.47 Å². The third-order valence-electron chi connectivity index (χ3n) is 1.84. The molecule has 2 heterocycles. The lowest BCUT2D eigenvalue weighted by Crippen LogP contribution is -2.07. The molecule has 2 rings (SSSR count). The van der Waals surface area contributed by atoms with E-state index >= 15 is 0 Å². The molecular formula is C8H5BrF3N3O. The summed E-state index contributed by atoms with van der Waals surface area (Å²) >= 11 is 3.13. The van der Waals surface area contributed by atoms with Crippen LogP contribution in [-0.2, 0) is 6.18 Å². The molecule has 0 saturated heterocycles. The number of rotatable bonds is 1. The quantitative estimate of drug-likeness (QED) is 0.811. The van der Waals surface area contributed by atoms with Crippen molar-refractivity contribution in [3.8, 4) is 5.75 Å². The maximum atomic E-state index is 12.4. The van der Waals surface area contributed by atoms with Crippen molar-refractivity contribution in [2.45, 2.75) is 6.18 Å². The van der Waals surface area contributed by atoms with Crippen LogP contribution in [0, 0.1) is 0 Å². The summed E-state index contributed by atoms with van der Waals surface area (Å²) in [5.74, 6) is -0.971. The van der Waals surface area contributed by atoms with Crippen molar-refractivity contribution in [2.24, 2.45) is 0 Å². The van der Waals surface area contributed by atoms with Crippen LogP contribution in [0.1, 0.15) is 5.82 Å². The predicted molar refractivity (Wildman–Crippen MR) is 52.2 cm³/mol. The molecule has 0 aliphatic rings. The van der Waals surface area contributed by atoms with Crippen LogP contribution in [0.5, 0.6) is 5.75 Å². The molecule has 8 heteroatoms. The van der Waals surface area contributed by atoms with E-state index in [1.54, 1.807) is 0 Å². The summed E-state index contributed by atoms with van der Waals surface area (Å²) in [6.45, 7) is 0. The standard InChI is InChI=1S/C8H5BrF3N3O/c1-16-5-2-4(9)3-15-6(5)13-7(14-15)8(10,11)12/h2-3H,1H3. The van der Waals surface area contributed by atoms with Crippen LogP contribution in [0.3, 0.4) is 0 Å². The van der Waals surface area contributed by atoms with Gasteiger partial charge in [-0.15, -0.1) is 5.10 Å². The van der Waals surface area contributed by atoms with Crippen molar-refractivity contribution in [1.82, 2.24) is 14.6 Å². The highest BCUT2D eigenvalue weighted by atomic mass is 79.9. The minimum absolute atomic E-state index is 0.0259. The van der Waals surface area contributed by atoms with Gasteiger partial charge in [-0.25, -0.2) is 4.52 Å². The summed E-state index contributed by atoms with van der Waals surface area (Å²) in [5, 5.41) is 3.32. The minimum atomic E-state index is -4.57. The van der Waals surface area contributed by atoms with Crippen molar-refractivity contribution in [2.75, 3.05) is 7.11 Å². The van der Waals surface area contributed by atoms with E-state index < -0.39 is 12.0 Å². The fourth-order valence-electron chi connectivity index (χ4n) is 1.20. The molecule has 0 bridgehead atoms. The van der Waals surface area contributed by atoms with E-state index in [9.17, 15) is 13.2 Å². The first-order chi connectivity index (χ1) is 7.41. The third kappa shape index (κ3) is 1.84. The van der Waals surface area contributed by atoms with Crippen LogP contribution in [0.4, 0.5) is 13.2 Å². The van der Waals surface area contributed by atoms with Gasteiger partial charge in [-0.05, 0) is 22.0 Å². The number of nitrogens with zero attached hydrogens (tertiary/aromatic N) is 3. The van der Waals surface area contributed by atoms with Crippen molar-refractivity contribution in [1.29, 1.82) is 0 Å². The zero-order chi connectivity index (χ0) is 11.9. The summed E-state index contributed by atoms with van der Waals surface area (Å²) < 4.78 is 43.6. The molecule has 0 aliphatic heterocycles. The molecule has 0 unspecified atom stereocenters. The number of ether oxygens (including phenoxy) is 1. The Balaban J connectivity index is 2.70. The summed E-state index contributed by atoms with van der Waals surface area (Å²) in [5.41, 5.74) is 0.0259. The maximum absolute atomic E-state index is 12.4. The van der Waals surface area contributed by atoms with Crippen LogP contribution in [0.2, 0.25) is 0 Å². The second kappa shape index (κ2) is 3.62. The number of pyridine rings is 1. The Morgan fingerprint density at radius 1 is 1.44 bits per heavy atom. The van der Waals surface area contributed by atoms with Crippen LogP contribution in [-0.4, -0.2) is 21.7 Å². The van der Waals surface area contributed by atoms with Crippen molar-refractivity contribution in [3.05, 3.63) is 22.6 Å². The Bertz CT molecular complexity index is 537. The first kappa shape index (κ1) is 11.2. The van der Waals surface area contributed by atoms with E-state index in [1.165, 1.54) is 19.4 Å². The number of aromatic nitrogens is 3. The Hall–Kier alpha value is -1.31. The number of halogens is 4. The number of hydrogen-bond donors (Lipinski definition) is 0. The van der Waals surface area contributed by atoms with Gasteiger partial charge in [0.25, 0.3) is 5.82 Å². The number of methoxy groups -OCH3 is 1. The summed E-state index contributed by atoms with van der Waals surface area (Å²) in [4.78, 5) is 3.38. The van der Waals surface area contributed by atoms with Gasteiger partial charge in [0.15, 0.2) is 11.4 Å². The van der Waals surface area contributed by atoms with E-state index in [0.717, 1.165) is 4.52 Å². The van der Waals surface area contributed by atoms with E-state index in [-0.39, 0.29) is 11.4 Å². The second-order valence-corrected chi connectivity index (χ2v) is 3.84. The Labute approximate surface area is 96.2 Å². The zero-order valence-electron chi connectivity index (χ0n) is 7.92. The number of alkyl halides is 3. The summed E-state index contributed by atoms with van der Waals surface area (Å²) in [7, 11) is 1.35. The molecule has 0 spiro atoms. The average Bonchev–Trinajstić information content (AvgIpc) is 2.59. The first-order valence-electron chi connectivity index (χ1n) is 4.09. The Kier molecular flexibility index (Phi) is 2.53. The number of hydrogen-bond acceptors (Lipinski definition) is 3. The average molecular weight is 296 g/mol. The van der Waals surface area contributed by atoms with Gasteiger partial charge in [-0.3, -0.25) is 0 Å². The van der Waals surface area contributed by atoms with Crippen LogP contribution in [0.15, 0.2) is 16.7 Å². The molecule has 0 fully saturated rings. The van der Waals surface area contributed by atoms with Crippen molar-refractivity contribution in [3.63, 3.8) is 0 Å². The fourth-order valence-corrected chi connectivity index (χ4v) is 1.60. The molecule has 0 N–H and O–H groups in total. The van der Waals surface area contributed by atoms with Gasteiger partial charge >= 0.3 is 6.18 Å². The van der Waals surface area contributed by atoms with Gasteiger partial charge in [0, 0.05) is 10.7 Å². The topological polar surface area (TPSA) is 39.4 Å². The molecule has 0 amide bonds. The predicted octanol–water partition coefficient (Wildman–Crippen LogP) is 2.52. The molecule has 0 atom stereocenters. The third-order valence-corrected chi connectivity index (χ3v) is 2.27. The summed E-state index contributed by atoms with van der Waals surface area (Å²) in [6, 6.07) is 1.52. The molecule has 2 aromatic rings. The van der Waals surface area contributed by atoms with Gasteiger partial charge in [-0.1, -0.05) is 0 Å². The highest BCUT2D eigenvalue weighted by Gasteiger charge is 2.36. The van der Waals surface area contributed by atoms with E-state index in [2.05, 4.69) is 26.0 Å². The maximum Gasteiger partial charge on any atom is 0.453 e. The molecule has 0 aliphatic carbocycles. The molecule has 0 aromatic carbocycles. The van der Waals surface area contributed by atoms with Gasteiger partial charge in [0.2, 0.25) is 0 Å². The minimum Gasteiger partial charge on any atom is -0.493 e. The van der Waals surface area contributed by atoms with E-state index in [4.69, 9.17) is 4.74 Å². The lowest BCUT2D eigenvalue weighted by molar-refractivity contribution is -0.144. The Morgan fingerprint density at radius 2 is 2.12 bits per heavy atom. The van der Waals surface area contributed by atoms with E-state index in [1.807, 2.05) is 0 Å². The van der Waals surface area contributed by atoms with Crippen LogP contribution >= 0.6 is 15.9 Å². The normalized spacial score (nSPS) is 12.1. The fraction of sp³-hybridized carbons (Fsp3) is 0.250. The zero-order valence-corrected chi connectivity index (χ0v) is 9.50. The lowest BCUT2D eigenvalue weighted by atomic mass is 10.4. The largest absolute Gasteiger partial charge is 0.493 e. The van der Waals surface area contributed by atoms with Crippen LogP contribution < -0.4 is 4.74 Å². The lowest BCUT2D eigenvalue weighted by Gasteiger charge is -2.00. The molecule has 86 valence electrons. The SMILES string of the molecule is COc1cc(Br)cn2nc(C(F)(F)F)nc12. The summed E-state index contributed by atoms with van der Waals surface area (Å²) in [6.07, 6.45) is -3.19. The molecule has 0 radical (unpaired) electrons. The molecular weight excluding hydrogens is 291 g/mol. The molecule has 4 nitrogen and oxygen atoms in total. The molecule has 16 heavy (non-hydrogen) atoms. The number of fused-ring (bicyclic) bond motifs is 1. The highest BCUT2D eigenvalue weighted by molar-refractivity contribution is 9.10. The highest BCUT2D eigenvalue weighted by Crippen LogP contribution is 2.29. The first-order valence-corrected chi connectivity index (χ1v) is 4.88. The van der Waals surface area contributed by atoms with Gasteiger partial charge < -0.3 is 4.74 Å². The molecule has 0 saturated carbocycles. The monoisotopic (exact) mass is 295 g/mol. The van der Waals surface area contributed by atoms with Gasteiger partial charge in [0.05, 0.1) is 7.11 Å². The Morgan fingerprint density at radius 3 is 2.69 bits per heavy atom.